The molecule has 2 nitrogen and oxygen atoms in total. The summed E-state index contributed by atoms with van der Waals surface area (Å²) in [5, 5.41) is 3.14. The van der Waals surface area contributed by atoms with Crippen LogP contribution < -0.4 is 5.32 Å². The van der Waals surface area contributed by atoms with E-state index >= 15 is 0 Å². The van der Waals surface area contributed by atoms with Gasteiger partial charge in [0.2, 0.25) is 5.91 Å². The Balaban J connectivity index is 4.44. The maximum atomic E-state index is 12.1. The van der Waals surface area contributed by atoms with E-state index in [-0.39, 0.29) is 22.8 Å². The first-order chi connectivity index (χ1) is 7.98. The fourth-order valence-electron chi connectivity index (χ4n) is 1.67. The quantitative estimate of drug-likeness (QED) is 0.748. The van der Waals surface area contributed by atoms with Crippen LogP contribution in [-0.2, 0) is 4.79 Å². The fourth-order valence-corrected chi connectivity index (χ4v) is 1.89. The van der Waals surface area contributed by atoms with Gasteiger partial charge in [0.1, 0.15) is 0 Å². The number of rotatable bonds is 5. The molecule has 0 radical (unpaired) electrons. The molecule has 2 unspecified atom stereocenters. The van der Waals surface area contributed by atoms with E-state index in [0.717, 1.165) is 6.42 Å². The van der Waals surface area contributed by atoms with Gasteiger partial charge in [-0.15, -0.1) is 11.6 Å². The Hall–Kier alpha value is -0.240. The van der Waals surface area contributed by atoms with Crippen LogP contribution in [0.4, 0.5) is 0 Å². The summed E-state index contributed by atoms with van der Waals surface area (Å²) >= 11 is 5.81. The predicted molar refractivity (Wildman–Crippen MR) is 80.0 cm³/mol. The van der Waals surface area contributed by atoms with E-state index in [4.69, 9.17) is 11.6 Å². The third-order valence-corrected chi connectivity index (χ3v) is 3.97. The van der Waals surface area contributed by atoms with Crippen molar-refractivity contribution in [2.24, 2.45) is 16.7 Å². The predicted octanol–water partition coefficient (Wildman–Crippen LogP) is 4.22. The van der Waals surface area contributed by atoms with Crippen molar-refractivity contribution >= 4 is 17.5 Å². The van der Waals surface area contributed by atoms with Gasteiger partial charge >= 0.3 is 0 Å². The first-order valence-corrected chi connectivity index (χ1v) is 7.37. The SMILES string of the molecule is CC(CC(=O)NC(CCCl)C(C)(C)C)C(C)(C)C. The molecule has 0 aromatic heterocycles. The summed E-state index contributed by atoms with van der Waals surface area (Å²) in [5.41, 5.74) is 0.219. The van der Waals surface area contributed by atoms with Gasteiger partial charge in [0.05, 0.1) is 0 Å². The zero-order valence-electron chi connectivity index (χ0n) is 13.1. The number of halogens is 1. The Labute approximate surface area is 118 Å². The lowest BCUT2D eigenvalue weighted by Gasteiger charge is -2.33. The van der Waals surface area contributed by atoms with Gasteiger partial charge in [-0.05, 0) is 23.2 Å². The molecule has 0 aromatic carbocycles. The van der Waals surface area contributed by atoms with E-state index < -0.39 is 0 Å². The molecule has 0 spiro atoms. The van der Waals surface area contributed by atoms with Gasteiger partial charge in [-0.1, -0.05) is 48.5 Å². The fraction of sp³-hybridized carbons (Fsp3) is 0.933. The van der Waals surface area contributed by atoms with Crippen LogP contribution in [0.5, 0.6) is 0 Å². The smallest absolute Gasteiger partial charge is 0.220 e. The highest BCUT2D eigenvalue weighted by Gasteiger charge is 2.28. The molecule has 3 heteroatoms. The van der Waals surface area contributed by atoms with Crippen LogP contribution in [0.25, 0.3) is 0 Å². The topological polar surface area (TPSA) is 29.1 Å². The van der Waals surface area contributed by atoms with E-state index in [1.807, 2.05) is 0 Å². The van der Waals surface area contributed by atoms with E-state index in [1.165, 1.54) is 0 Å². The second-order valence-electron chi connectivity index (χ2n) is 7.43. The average molecular weight is 276 g/mol. The summed E-state index contributed by atoms with van der Waals surface area (Å²) in [7, 11) is 0. The first-order valence-electron chi connectivity index (χ1n) is 6.83. The summed E-state index contributed by atoms with van der Waals surface area (Å²) in [5.74, 6) is 1.09. The molecule has 0 bridgehead atoms. The van der Waals surface area contributed by atoms with Gasteiger partial charge in [0.25, 0.3) is 0 Å². The molecule has 1 amide bonds. The van der Waals surface area contributed by atoms with Crippen molar-refractivity contribution in [2.75, 3.05) is 5.88 Å². The van der Waals surface area contributed by atoms with Gasteiger partial charge in [-0.3, -0.25) is 4.79 Å². The minimum atomic E-state index is 0.0511. The normalized spacial score (nSPS) is 16.2. The number of alkyl halides is 1. The van der Waals surface area contributed by atoms with Gasteiger partial charge in [-0.2, -0.15) is 0 Å². The summed E-state index contributed by atoms with van der Waals surface area (Å²) in [6.45, 7) is 15.1. The highest BCUT2D eigenvalue weighted by atomic mass is 35.5. The van der Waals surface area contributed by atoms with Crippen molar-refractivity contribution in [3.05, 3.63) is 0 Å². The second kappa shape index (κ2) is 6.79. The van der Waals surface area contributed by atoms with Crippen LogP contribution in [0.3, 0.4) is 0 Å². The van der Waals surface area contributed by atoms with Crippen LogP contribution in [0, 0.1) is 16.7 Å². The molecule has 2 atom stereocenters. The van der Waals surface area contributed by atoms with Crippen LogP contribution in [-0.4, -0.2) is 17.8 Å². The van der Waals surface area contributed by atoms with Crippen molar-refractivity contribution in [1.82, 2.24) is 5.32 Å². The van der Waals surface area contributed by atoms with E-state index in [2.05, 4.69) is 53.8 Å². The lowest BCUT2D eigenvalue weighted by Crippen LogP contribution is -2.44. The largest absolute Gasteiger partial charge is 0.353 e. The molecule has 1 N–H and O–H groups in total. The van der Waals surface area contributed by atoms with Gasteiger partial charge in [0, 0.05) is 18.3 Å². The minimum Gasteiger partial charge on any atom is -0.353 e. The summed E-state index contributed by atoms with van der Waals surface area (Å²) in [6, 6.07) is 0.148. The maximum Gasteiger partial charge on any atom is 0.220 e. The molecule has 108 valence electrons. The number of nitrogens with one attached hydrogen (secondary N) is 1. The van der Waals surface area contributed by atoms with Crippen molar-refractivity contribution in [3.63, 3.8) is 0 Å². The molecule has 0 fully saturated rings. The summed E-state index contributed by atoms with van der Waals surface area (Å²) < 4.78 is 0. The van der Waals surface area contributed by atoms with Crippen LogP contribution in [0.1, 0.15) is 61.3 Å². The van der Waals surface area contributed by atoms with Gasteiger partial charge < -0.3 is 5.32 Å². The molecule has 0 aromatic rings. The zero-order valence-corrected chi connectivity index (χ0v) is 13.8. The summed E-state index contributed by atoms with van der Waals surface area (Å²) in [4.78, 5) is 12.1. The highest BCUT2D eigenvalue weighted by Crippen LogP contribution is 2.28. The van der Waals surface area contributed by atoms with Gasteiger partial charge in [-0.25, -0.2) is 0 Å². The monoisotopic (exact) mass is 275 g/mol. The molecular formula is C15H30ClNO. The van der Waals surface area contributed by atoms with Gasteiger partial charge in [0.15, 0.2) is 0 Å². The number of amides is 1. The Morgan fingerprint density at radius 2 is 1.61 bits per heavy atom. The highest BCUT2D eigenvalue weighted by molar-refractivity contribution is 6.17. The Morgan fingerprint density at radius 1 is 1.11 bits per heavy atom. The molecule has 0 saturated heterocycles. The van der Waals surface area contributed by atoms with E-state index in [0.29, 0.717) is 18.2 Å². The van der Waals surface area contributed by atoms with E-state index in [9.17, 15) is 4.79 Å². The standard InChI is InChI=1S/C15H30ClNO/c1-11(14(2,3)4)10-13(18)17-12(8-9-16)15(5,6)7/h11-12H,8-10H2,1-7H3,(H,17,18). The van der Waals surface area contributed by atoms with Crippen molar-refractivity contribution in [1.29, 1.82) is 0 Å². The Bertz CT molecular complexity index is 263. The van der Waals surface area contributed by atoms with Crippen LogP contribution in [0.15, 0.2) is 0 Å². The van der Waals surface area contributed by atoms with E-state index in [1.54, 1.807) is 0 Å². The van der Waals surface area contributed by atoms with Crippen LogP contribution >= 0.6 is 11.6 Å². The number of hydrogen-bond donors (Lipinski definition) is 1. The molecule has 0 aliphatic rings. The number of hydrogen-bond acceptors (Lipinski definition) is 1. The molecule has 0 heterocycles. The average Bonchev–Trinajstić information content (AvgIpc) is 2.13. The van der Waals surface area contributed by atoms with Crippen molar-refractivity contribution in [2.45, 2.75) is 67.3 Å². The number of carbonyl (C=O) groups is 1. The lowest BCUT2D eigenvalue weighted by atomic mass is 9.79. The molecule has 0 saturated carbocycles. The third-order valence-electron chi connectivity index (χ3n) is 3.75. The first kappa shape index (κ1) is 17.8. The minimum absolute atomic E-state index is 0.0511. The molecule has 0 aliphatic heterocycles. The molecule has 0 aliphatic carbocycles. The zero-order chi connectivity index (χ0) is 14.6. The Morgan fingerprint density at radius 3 is 1.94 bits per heavy atom. The second-order valence-corrected chi connectivity index (χ2v) is 7.81. The van der Waals surface area contributed by atoms with Crippen LogP contribution in [0.2, 0.25) is 0 Å². The Kier molecular flexibility index (Phi) is 6.70. The molecule has 0 rings (SSSR count). The van der Waals surface area contributed by atoms with Crippen molar-refractivity contribution < 1.29 is 4.79 Å². The van der Waals surface area contributed by atoms with Crippen molar-refractivity contribution in [3.8, 4) is 0 Å². The summed E-state index contributed by atoms with van der Waals surface area (Å²) in [6.07, 6.45) is 1.40. The molecular weight excluding hydrogens is 246 g/mol. The maximum absolute atomic E-state index is 12.1. The third kappa shape index (κ3) is 6.63. The number of carbonyl (C=O) groups excluding carboxylic acids is 1. The molecule has 18 heavy (non-hydrogen) atoms. The lowest BCUT2D eigenvalue weighted by molar-refractivity contribution is -0.124.